The van der Waals surface area contributed by atoms with Gasteiger partial charge in [0.25, 0.3) is 0 Å². The standard InChI is InChI=1S/C16H21N3S/c1-11-18-16(10-20-11)12-5-7-14(8-6-12)19-15-4-2-3-13(15)9-17/h5-8,10,13,15,19H,2-4,9,17H2,1H3. The first-order valence-electron chi connectivity index (χ1n) is 7.25. The first-order valence-corrected chi connectivity index (χ1v) is 8.13. The summed E-state index contributed by atoms with van der Waals surface area (Å²) in [5.74, 6) is 0.621. The molecule has 2 aromatic rings. The number of aryl methyl sites for hydroxylation is 1. The molecule has 1 aliphatic carbocycles. The smallest absolute Gasteiger partial charge is 0.0901 e. The van der Waals surface area contributed by atoms with Gasteiger partial charge in [-0.1, -0.05) is 18.6 Å². The molecule has 0 aliphatic heterocycles. The van der Waals surface area contributed by atoms with Crippen LogP contribution < -0.4 is 11.1 Å². The van der Waals surface area contributed by atoms with Crippen molar-refractivity contribution < 1.29 is 0 Å². The van der Waals surface area contributed by atoms with Crippen LogP contribution in [0.3, 0.4) is 0 Å². The number of aromatic nitrogens is 1. The monoisotopic (exact) mass is 287 g/mol. The molecule has 3 N–H and O–H groups in total. The summed E-state index contributed by atoms with van der Waals surface area (Å²) in [6.07, 6.45) is 3.77. The number of hydrogen-bond acceptors (Lipinski definition) is 4. The average molecular weight is 287 g/mol. The lowest BCUT2D eigenvalue weighted by molar-refractivity contribution is 0.516. The average Bonchev–Trinajstić information content (AvgIpc) is 3.08. The highest BCUT2D eigenvalue weighted by Crippen LogP contribution is 2.29. The van der Waals surface area contributed by atoms with E-state index < -0.39 is 0 Å². The molecule has 0 bridgehead atoms. The molecule has 0 radical (unpaired) electrons. The van der Waals surface area contributed by atoms with E-state index in [-0.39, 0.29) is 0 Å². The van der Waals surface area contributed by atoms with Crippen LogP contribution in [0.2, 0.25) is 0 Å². The van der Waals surface area contributed by atoms with Gasteiger partial charge < -0.3 is 11.1 Å². The maximum absolute atomic E-state index is 5.83. The van der Waals surface area contributed by atoms with Crippen molar-refractivity contribution in [1.82, 2.24) is 4.98 Å². The number of anilines is 1. The van der Waals surface area contributed by atoms with Gasteiger partial charge in [-0.2, -0.15) is 0 Å². The van der Waals surface area contributed by atoms with Crippen molar-refractivity contribution in [3.05, 3.63) is 34.7 Å². The van der Waals surface area contributed by atoms with Gasteiger partial charge in [0.2, 0.25) is 0 Å². The Kier molecular flexibility index (Phi) is 4.03. The topological polar surface area (TPSA) is 50.9 Å². The fourth-order valence-electron chi connectivity index (χ4n) is 2.96. The van der Waals surface area contributed by atoms with Crippen LogP contribution in [-0.2, 0) is 0 Å². The van der Waals surface area contributed by atoms with Crippen LogP contribution in [0.5, 0.6) is 0 Å². The summed E-state index contributed by atoms with van der Waals surface area (Å²) in [5.41, 5.74) is 9.27. The summed E-state index contributed by atoms with van der Waals surface area (Å²) in [6, 6.07) is 9.12. The maximum Gasteiger partial charge on any atom is 0.0901 e. The third-order valence-electron chi connectivity index (χ3n) is 4.11. The number of thiazole rings is 1. The molecule has 106 valence electrons. The van der Waals surface area contributed by atoms with E-state index in [4.69, 9.17) is 5.73 Å². The van der Waals surface area contributed by atoms with Crippen molar-refractivity contribution in [2.24, 2.45) is 11.7 Å². The zero-order chi connectivity index (χ0) is 13.9. The van der Waals surface area contributed by atoms with Gasteiger partial charge in [0.1, 0.15) is 0 Å². The first kappa shape index (κ1) is 13.6. The quantitative estimate of drug-likeness (QED) is 0.902. The number of rotatable bonds is 4. The lowest BCUT2D eigenvalue weighted by Gasteiger charge is -2.20. The predicted molar refractivity (Wildman–Crippen MR) is 86.1 cm³/mol. The van der Waals surface area contributed by atoms with Crippen molar-refractivity contribution in [3.63, 3.8) is 0 Å². The fraction of sp³-hybridized carbons (Fsp3) is 0.438. The zero-order valence-corrected chi connectivity index (χ0v) is 12.6. The van der Waals surface area contributed by atoms with Crippen LogP contribution in [0.1, 0.15) is 24.3 Å². The van der Waals surface area contributed by atoms with Gasteiger partial charge in [-0.15, -0.1) is 11.3 Å². The highest BCUT2D eigenvalue weighted by Gasteiger charge is 2.25. The SMILES string of the molecule is Cc1nc(-c2ccc(NC3CCCC3CN)cc2)cs1. The fourth-order valence-corrected chi connectivity index (χ4v) is 3.58. The first-order chi connectivity index (χ1) is 9.76. The third kappa shape index (κ3) is 2.86. The molecule has 0 amide bonds. The third-order valence-corrected chi connectivity index (χ3v) is 4.89. The molecule has 1 aliphatic rings. The van der Waals surface area contributed by atoms with Crippen LogP contribution in [0.25, 0.3) is 11.3 Å². The van der Waals surface area contributed by atoms with Crippen molar-refractivity contribution in [2.75, 3.05) is 11.9 Å². The maximum atomic E-state index is 5.83. The minimum atomic E-state index is 0.535. The lowest BCUT2D eigenvalue weighted by atomic mass is 10.0. The molecule has 3 rings (SSSR count). The van der Waals surface area contributed by atoms with Crippen LogP contribution in [0.15, 0.2) is 29.6 Å². The summed E-state index contributed by atoms with van der Waals surface area (Å²) < 4.78 is 0. The molecule has 2 atom stereocenters. The largest absolute Gasteiger partial charge is 0.382 e. The number of benzene rings is 1. The van der Waals surface area contributed by atoms with Crippen molar-refractivity contribution >= 4 is 17.0 Å². The van der Waals surface area contributed by atoms with Crippen molar-refractivity contribution in [2.45, 2.75) is 32.2 Å². The molecule has 2 unspecified atom stereocenters. The lowest BCUT2D eigenvalue weighted by Crippen LogP contribution is -2.29. The molecule has 0 spiro atoms. The van der Waals surface area contributed by atoms with E-state index in [9.17, 15) is 0 Å². The Hall–Kier alpha value is -1.39. The number of nitrogens with one attached hydrogen (secondary N) is 1. The van der Waals surface area contributed by atoms with E-state index in [2.05, 4.69) is 39.9 Å². The molecule has 1 aromatic carbocycles. The van der Waals surface area contributed by atoms with E-state index in [0.717, 1.165) is 17.2 Å². The van der Waals surface area contributed by atoms with Gasteiger partial charge in [-0.3, -0.25) is 0 Å². The summed E-state index contributed by atoms with van der Waals surface area (Å²) in [5, 5.41) is 6.85. The van der Waals surface area contributed by atoms with Gasteiger partial charge in [-0.25, -0.2) is 4.98 Å². The predicted octanol–water partition coefficient (Wildman–Crippen LogP) is 3.66. The van der Waals surface area contributed by atoms with Crippen LogP contribution in [-0.4, -0.2) is 17.6 Å². The molecule has 4 heteroatoms. The second-order valence-corrected chi connectivity index (χ2v) is 6.57. The van der Waals surface area contributed by atoms with E-state index in [0.29, 0.717) is 12.0 Å². The normalized spacial score (nSPS) is 22.1. The number of hydrogen-bond donors (Lipinski definition) is 2. The Morgan fingerprint density at radius 1 is 1.30 bits per heavy atom. The van der Waals surface area contributed by atoms with E-state index in [1.807, 2.05) is 6.92 Å². The second-order valence-electron chi connectivity index (χ2n) is 5.51. The summed E-state index contributed by atoms with van der Waals surface area (Å²) in [6.45, 7) is 2.82. The summed E-state index contributed by atoms with van der Waals surface area (Å²) >= 11 is 1.69. The molecule has 1 heterocycles. The molecule has 0 saturated heterocycles. The number of nitrogens with zero attached hydrogens (tertiary/aromatic N) is 1. The Morgan fingerprint density at radius 2 is 2.10 bits per heavy atom. The van der Waals surface area contributed by atoms with Gasteiger partial charge in [0, 0.05) is 22.7 Å². The van der Waals surface area contributed by atoms with E-state index in [1.165, 1.54) is 30.5 Å². The van der Waals surface area contributed by atoms with Gasteiger partial charge >= 0.3 is 0 Å². The molecule has 20 heavy (non-hydrogen) atoms. The second kappa shape index (κ2) is 5.94. The Bertz CT molecular complexity index is 561. The van der Waals surface area contributed by atoms with Crippen LogP contribution in [0.4, 0.5) is 5.69 Å². The molecule has 3 nitrogen and oxygen atoms in total. The van der Waals surface area contributed by atoms with E-state index in [1.54, 1.807) is 11.3 Å². The minimum absolute atomic E-state index is 0.535. The van der Waals surface area contributed by atoms with Crippen LogP contribution >= 0.6 is 11.3 Å². The van der Waals surface area contributed by atoms with E-state index >= 15 is 0 Å². The Morgan fingerprint density at radius 3 is 2.75 bits per heavy atom. The molecular weight excluding hydrogens is 266 g/mol. The summed E-state index contributed by atoms with van der Waals surface area (Å²) in [4.78, 5) is 4.52. The Balaban J connectivity index is 1.70. The zero-order valence-electron chi connectivity index (χ0n) is 11.8. The highest BCUT2D eigenvalue weighted by atomic mass is 32.1. The molecular formula is C16H21N3S. The molecule has 1 fully saturated rings. The highest BCUT2D eigenvalue weighted by molar-refractivity contribution is 7.09. The van der Waals surface area contributed by atoms with Crippen molar-refractivity contribution in [1.29, 1.82) is 0 Å². The van der Waals surface area contributed by atoms with Crippen molar-refractivity contribution in [3.8, 4) is 11.3 Å². The number of nitrogens with two attached hydrogens (primary N) is 1. The summed E-state index contributed by atoms with van der Waals surface area (Å²) in [7, 11) is 0. The molecule has 1 saturated carbocycles. The molecule has 1 aromatic heterocycles. The van der Waals surface area contributed by atoms with Crippen LogP contribution in [0, 0.1) is 12.8 Å². The van der Waals surface area contributed by atoms with Gasteiger partial charge in [0.15, 0.2) is 0 Å². The van der Waals surface area contributed by atoms with Gasteiger partial charge in [-0.05, 0) is 44.4 Å². The van der Waals surface area contributed by atoms with Gasteiger partial charge in [0.05, 0.1) is 10.7 Å². The minimum Gasteiger partial charge on any atom is -0.382 e. The Labute approximate surface area is 124 Å².